The van der Waals surface area contributed by atoms with Gasteiger partial charge in [0.15, 0.2) is 0 Å². The van der Waals surface area contributed by atoms with E-state index < -0.39 is 11.9 Å². The van der Waals surface area contributed by atoms with Crippen molar-refractivity contribution in [3.05, 3.63) is 11.1 Å². The zero-order valence-electron chi connectivity index (χ0n) is 14.4. The molecule has 0 saturated heterocycles. The quantitative estimate of drug-likeness (QED) is 0.747. The highest BCUT2D eigenvalue weighted by molar-refractivity contribution is 6.32. The van der Waals surface area contributed by atoms with E-state index in [0.717, 1.165) is 42.7 Å². The average Bonchev–Trinajstić information content (AvgIpc) is 2.49. The van der Waals surface area contributed by atoms with Gasteiger partial charge in [0.2, 0.25) is 0 Å². The minimum absolute atomic E-state index is 0.111. The zero-order chi connectivity index (χ0) is 17.1. The lowest BCUT2D eigenvalue weighted by molar-refractivity contribution is -0.200. The molecule has 0 atom stereocenters. The Bertz CT molecular complexity index is 529. The molecule has 0 unspecified atom stereocenters. The minimum Gasteiger partial charge on any atom is -0.328 e. The van der Waals surface area contributed by atoms with E-state index in [1.807, 2.05) is 27.7 Å². The monoisotopic (exact) mass is 322 g/mol. The smallest absolute Gasteiger partial charge is 0.328 e. The van der Waals surface area contributed by atoms with Gasteiger partial charge in [-0.05, 0) is 59.8 Å². The van der Waals surface area contributed by atoms with Crippen molar-refractivity contribution in [2.24, 2.45) is 0 Å². The molecule has 1 aliphatic carbocycles. The molecule has 1 aliphatic heterocycles. The van der Waals surface area contributed by atoms with E-state index in [0.29, 0.717) is 6.54 Å². The Hall–Kier alpha value is -1.85. The van der Waals surface area contributed by atoms with E-state index >= 15 is 0 Å². The van der Waals surface area contributed by atoms with Gasteiger partial charge in [-0.25, -0.2) is 4.79 Å². The summed E-state index contributed by atoms with van der Waals surface area (Å²) in [5, 5.41) is 1.06. The number of hydroxylamine groups is 2. The fourth-order valence-corrected chi connectivity index (χ4v) is 3.39. The molecule has 23 heavy (non-hydrogen) atoms. The first-order valence-electron chi connectivity index (χ1n) is 8.40. The van der Waals surface area contributed by atoms with Crippen LogP contribution in [0.2, 0.25) is 0 Å². The summed E-state index contributed by atoms with van der Waals surface area (Å²) >= 11 is 0. The first-order chi connectivity index (χ1) is 10.8. The molecular formula is C17H26N2O4. The Kier molecular flexibility index (Phi) is 5.44. The number of rotatable bonds is 3. The second kappa shape index (κ2) is 7.15. The highest BCUT2D eigenvalue weighted by Crippen LogP contribution is 2.31. The second-order valence-corrected chi connectivity index (χ2v) is 6.73. The van der Waals surface area contributed by atoms with E-state index in [1.54, 1.807) is 0 Å². The van der Waals surface area contributed by atoms with Gasteiger partial charge < -0.3 is 9.74 Å². The molecule has 0 spiro atoms. The van der Waals surface area contributed by atoms with Crippen LogP contribution in [0.1, 0.15) is 59.8 Å². The van der Waals surface area contributed by atoms with E-state index in [1.165, 1.54) is 10.5 Å². The van der Waals surface area contributed by atoms with Gasteiger partial charge in [0.1, 0.15) is 0 Å². The van der Waals surface area contributed by atoms with Crippen LogP contribution in [-0.4, -0.2) is 46.4 Å². The van der Waals surface area contributed by atoms with Crippen molar-refractivity contribution in [2.45, 2.75) is 71.9 Å². The normalized spacial score (nSPS) is 18.3. The summed E-state index contributed by atoms with van der Waals surface area (Å²) in [6.45, 7) is 7.71. The third kappa shape index (κ3) is 3.74. The van der Waals surface area contributed by atoms with Crippen LogP contribution in [0.5, 0.6) is 0 Å². The van der Waals surface area contributed by atoms with E-state index in [9.17, 15) is 14.4 Å². The van der Waals surface area contributed by atoms with Crippen LogP contribution < -0.4 is 0 Å². The number of carbonyl (C=O) groups excluding carboxylic acids is 3. The number of amides is 2. The van der Waals surface area contributed by atoms with Gasteiger partial charge in [0.25, 0.3) is 5.91 Å². The molecule has 0 radical (unpaired) electrons. The first-order valence-corrected chi connectivity index (χ1v) is 8.40. The fourth-order valence-electron chi connectivity index (χ4n) is 3.39. The van der Waals surface area contributed by atoms with E-state index in [-0.39, 0.29) is 18.0 Å². The Morgan fingerprint density at radius 2 is 1.65 bits per heavy atom. The molecule has 2 amide bonds. The van der Waals surface area contributed by atoms with Crippen LogP contribution in [0, 0.1) is 0 Å². The molecule has 0 aromatic carbocycles. The highest BCUT2D eigenvalue weighted by Gasteiger charge is 2.34. The van der Waals surface area contributed by atoms with Crippen molar-refractivity contribution in [1.29, 1.82) is 0 Å². The van der Waals surface area contributed by atoms with Crippen molar-refractivity contribution < 1.29 is 19.2 Å². The summed E-state index contributed by atoms with van der Waals surface area (Å²) < 4.78 is 0. The van der Waals surface area contributed by atoms with Crippen molar-refractivity contribution in [3.8, 4) is 0 Å². The molecule has 0 bridgehead atoms. The maximum absolute atomic E-state index is 12.4. The number of carbonyl (C=O) groups is 3. The van der Waals surface area contributed by atoms with Crippen molar-refractivity contribution in [1.82, 2.24) is 9.96 Å². The Labute approximate surface area is 137 Å². The van der Waals surface area contributed by atoms with Crippen molar-refractivity contribution in [2.75, 3.05) is 6.54 Å². The second-order valence-electron chi connectivity index (χ2n) is 6.73. The van der Waals surface area contributed by atoms with Crippen LogP contribution in [0.25, 0.3) is 0 Å². The molecular weight excluding hydrogens is 296 g/mol. The fraction of sp³-hybridized carbons (Fsp3) is 0.706. The maximum Gasteiger partial charge on any atom is 0.421 e. The zero-order valence-corrected chi connectivity index (χ0v) is 14.4. The molecule has 2 rings (SSSR count). The van der Waals surface area contributed by atoms with Crippen LogP contribution in [0.4, 0.5) is 0 Å². The van der Waals surface area contributed by atoms with Gasteiger partial charge in [-0.3, -0.25) is 9.59 Å². The predicted molar refractivity (Wildman–Crippen MR) is 85.0 cm³/mol. The Morgan fingerprint density at radius 3 is 2.26 bits per heavy atom. The summed E-state index contributed by atoms with van der Waals surface area (Å²) in [4.78, 5) is 43.4. The third-order valence-corrected chi connectivity index (χ3v) is 4.40. The molecule has 128 valence electrons. The summed E-state index contributed by atoms with van der Waals surface area (Å²) in [6.07, 6.45) is 4.51. The van der Waals surface area contributed by atoms with Crippen LogP contribution in [0.3, 0.4) is 0 Å². The lowest BCUT2D eigenvalue weighted by Crippen LogP contribution is -2.49. The van der Waals surface area contributed by atoms with E-state index in [2.05, 4.69) is 0 Å². The first kappa shape index (κ1) is 17.5. The molecule has 0 aromatic rings. The van der Waals surface area contributed by atoms with Crippen LogP contribution >= 0.6 is 0 Å². The topological polar surface area (TPSA) is 66.9 Å². The summed E-state index contributed by atoms with van der Waals surface area (Å²) in [7, 11) is 0. The minimum atomic E-state index is -0.986. The van der Waals surface area contributed by atoms with Gasteiger partial charge in [0, 0.05) is 17.7 Å². The average molecular weight is 322 g/mol. The molecule has 6 nitrogen and oxygen atoms in total. The summed E-state index contributed by atoms with van der Waals surface area (Å²) in [5.74, 6) is -1.94. The molecule has 0 saturated carbocycles. The van der Waals surface area contributed by atoms with Gasteiger partial charge in [-0.15, -0.1) is 0 Å². The Morgan fingerprint density at radius 1 is 1.04 bits per heavy atom. The van der Waals surface area contributed by atoms with Crippen LogP contribution in [-0.2, 0) is 19.2 Å². The standard InChI is InChI=1S/C17H26N2O4/c1-11(2)19(12(3)4)16(21)17(22)23-18-10-9-13-7-5-6-8-14(13)15(18)20/h11-12H,5-10H2,1-4H3. The predicted octanol–water partition coefficient (Wildman–Crippen LogP) is 2.19. The highest BCUT2D eigenvalue weighted by atomic mass is 16.7. The Balaban J connectivity index is 2.04. The van der Waals surface area contributed by atoms with Gasteiger partial charge >= 0.3 is 11.9 Å². The van der Waals surface area contributed by atoms with Crippen LogP contribution in [0.15, 0.2) is 11.1 Å². The van der Waals surface area contributed by atoms with Crippen molar-refractivity contribution >= 4 is 17.8 Å². The number of nitrogens with zero attached hydrogens (tertiary/aromatic N) is 2. The molecule has 0 fully saturated rings. The summed E-state index contributed by atoms with van der Waals surface area (Å²) in [5.41, 5.74) is 1.96. The third-order valence-electron chi connectivity index (χ3n) is 4.40. The lowest BCUT2D eigenvalue weighted by Gasteiger charge is -2.33. The summed E-state index contributed by atoms with van der Waals surface area (Å²) in [6, 6.07) is -0.223. The lowest BCUT2D eigenvalue weighted by atomic mass is 9.87. The largest absolute Gasteiger partial charge is 0.421 e. The van der Waals surface area contributed by atoms with Crippen molar-refractivity contribution in [3.63, 3.8) is 0 Å². The molecule has 2 aliphatic rings. The van der Waals surface area contributed by atoms with E-state index in [4.69, 9.17) is 4.84 Å². The molecule has 0 N–H and O–H groups in total. The SMILES string of the molecule is CC(C)N(C(=O)C(=O)ON1CCC2=C(CCCC2)C1=O)C(C)C. The molecule has 0 aromatic heterocycles. The van der Waals surface area contributed by atoms with Gasteiger partial charge in [-0.1, -0.05) is 5.57 Å². The number of hydrogen-bond acceptors (Lipinski definition) is 4. The van der Waals surface area contributed by atoms with Gasteiger partial charge in [0.05, 0.1) is 6.54 Å². The van der Waals surface area contributed by atoms with Gasteiger partial charge in [-0.2, -0.15) is 5.06 Å². The number of hydrogen-bond donors (Lipinski definition) is 0. The molecule has 1 heterocycles. The molecule has 6 heteroatoms. The maximum atomic E-state index is 12.4.